The average molecular weight is 432 g/mol. The summed E-state index contributed by atoms with van der Waals surface area (Å²) in [6.45, 7) is 2.58. The fourth-order valence-electron chi connectivity index (χ4n) is 4.39. The maximum absolute atomic E-state index is 12.7. The molecule has 3 aliphatic rings. The van der Waals surface area contributed by atoms with Gasteiger partial charge in [-0.05, 0) is 55.3 Å². The summed E-state index contributed by atoms with van der Waals surface area (Å²) < 4.78 is 40.4. The first-order valence-electron chi connectivity index (χ1n) is 10.2. The van der Waals surface area contributed by atoms with Crippen molar-refractivity contribution in [2.45, 2.75) is 31.5 Å². The Labute approximate surface area is 176 Å². The van der Waals surface area contributed by atoms with Crippen molar-refractivity contribution < 1.29 is 23.0 Å². The largest absolute Gasteiger partial charge is 0.454 e. The van der Waals surface area contributed by atoms with Gasteiger partial charge in [-0.3, -0.25) is 4.72 Å². The molecule has 0 amide bonds. The van der Waals surface area contributed by atoms with Crippen LogP contribution in [-0.2, 0) is 16.8 Å². The van der Waals surface area contributed by atoms with E-state index < -0.39 is 16.3 Å². The minimum Gasteiger partial charge on any atom is -0.454 e. The highest BCUT2D eigenvalue weighted by molar-refractivity contribution is 7.90. The van der Waals surface area contributed by atoms with Gasteiger partial charge in [0.1, 0.15) is 0 Å². The lowest BCUT2D eigenvalue weighted by molar-refractivity contribution is 0.0833. The molecule has 1 saturated heterocycles. The van der Waals surface area contributed by atoms with Crippen LogP contribution in [-0.4, -0.2) is 55.2 Å². The first kappa shape index (κ1) is 19.6. The molecule has 2 N–H and O–H groups in total. The predicted molar refractivity (Wildman–Crippen MR) is 112 cm³/mol. The monoisotopic (exact) mass is 431 g/mol. The number of hydrogen-bond acceptors (Lipinski definition) is 6. The van der Waals surface area contributed by atoms with Gasteiger partial charge in [0.05, 0.1) is 11.8 Å². The zero-order valence-electron chi connectivity index (χ0n) is 16.5. The van der Waals surface area contributed by atoms with E-state index in [0.29, 0.717) is 30.3 Å². The molecule has 1 unspecified atom stereocenters. The van der Waals surface area contributed by atoms with Gasteiger partial charge < -0.3 is 19.5 Å². The molecular formula is C21H25N3O5S. The SMILES string of the molecule is O=S1(=O)Nc2ccccc2CN1C1CCN(CC(O)c2ccc3c(c2)OCO3)CC1. The van der Waals surface area contributed by atoms with Crippen LogP contribution >= 0.6 is 0 Å². The minimum atomic E-state index is -3.54. The second-order valence-corrected chi connectivity index (χ2v) is 9.59. The number of aliphatic hydroxyl groups excluding tert-OH is 1. The maximum atomic E-state index is 12.7. The van der Waals surface area contributed by atoms with Gasteiger partial charge in [0, 0.05) is 19.1 Å². The van der Waals surface area contributed by atoms with E-state index in [9.17, 15) is 13.5 Å². The van der Waals surface area contributed by atoms with Crippen LogP contribution in [0.15, 0.2) is 42.5 Å². The molecule has 2 aromatic carbocycles. The molecule has 8 nitrogen and oxygen atoms in total. The zero-order chi connectivity index (χ0) is 20.7. The summed E-state index contributed by atoms with van der Waals surface area (Å²) in [5, 5.41) is 10.7. The van der Waals surface area contributed by atoms with Gasteiger partial charge in [0.25, 0.3) is 0 Å². The molecule has 3 aliphatic heterocycles. The van der Waals surface area contributed by atoms with E-state index in [-0.39, 0.29) is 12.8 Å². The number of hydrogen-bond donors (Lipinski definition) is 2. The van der Waals surface area contributed by atoms with E-state index in [4.69, 9.17) is 9.47 Å². The third-order valence-electron chi connectivity index (χ3n) is 6.07. The number of β-amino-alcohol motifs (C(OH)–C–C–N with tert-alkyl or cyclic N) is 1. The van der Waals surface area contributed by atoms with E-state index in [1.807, 2.05) is 36.4 Å². The lowest BCUT2D eigenvalue weighted by Crippen LogP contribution is -2.50. The van der Waals surface area contributed by atoms with Gasteiger partial charge in [-0.1, -0.05) is 24.3 Å². The fourth-order valence-corrected chi connectivity index (χ4v) is 5.90. The normalized spacial score (nSPS) is 22.3. The van der Waals surface area contributed by atoms with E-state index in [2.05, 4.69) is 9.62 Å². The number of rotatable bonds is 4. The second-order valence-electron chi connectivity index (χ2n) is 7.97. The van der Waals surface area contributed by atoms with E-state index in [0.717, 1.165) is 37.1 Å². The number of ether oxygens (including phenoxy) is 2. The molecule has 1 fully saturated rings. The van der Waals surface area contributed by atoms with Gasteiger partial charge in [-0.15, -0.1) is 0 Å². The Balaban J connectivity index is 1.20. The summed E-state index contributed by atoms with van der Waals surface area (Å²) in [4.78, 5) is 2.18. The number of nitrogens with one attached hydrogen (secondary N) is 1. The molecule has 160 valence electrons. The van der Waals surface area contributed by atoms with Crippen molar-refractivity contribution in [3.05, 3.63) is 53.6 Å². The second kappa shape index (κ2) is 7.73. The molecule has 9 heteroatoms. The summed E-state index contributed by atoms with van der Waals surface area (Å²) in [6, 6.07) is 13.0. The number of nitrogens with zero attached hydrogens (tertiary/aromatic N) is 2. The highest BCUT2D eigenvalue weighted by Gasteiger charge is 2.36. The summed E-state index contributed by atoms with van der Waals surface area (Å²) in [5.74, 6) is 1.36. The van der Waals surface area contributed by atoms with Crippen molar-refractivity contribution in [1.29, 1.82) is 0 Å². The van der Waals surface area contributed by atoms with E-state index >= 15 is 0 Å². The van der Waals surface area contributed by atoms with Gasteiger partial charge >= 0.3 is 10.2 Å². The Morgan fingerprint density at radius 1 is 1.10 bits per heavy atom. The van der Waals surface area contributed by atoms with Crippen molar-refractivity contribution in [3.8, 4) is 11.5 Å². The third-order valence-corrected chi connectivity index (χ3v) is 7.59. The van der Waals surface area contributed by atoms with Gasteiger partial charge in [-0.25, -0.2) is 0 Å². The van der Waals surface area contributed by atoms with Gasteiger partial charge in [0.15, 0.2) is 11.5 Å². The lowest BCUT2D eigenvalue weighted by Gasteiger charge is -2.40. The number of benzene rings is 2. The van der Waals surface area contributed by atoms with Crippen LogP contribution in [0.25, 0.3) is 0 Å². The highest BCUT2D eigenvalue weighted by atomic mass is 32.2. The summed E-state index contributed by atoms with van der Waals surface area (Å²) >= 11 is 0. The van der Waals surface area contributed by atoms with Crippen LogP contribution in [0.2, 0.25) is 0 Å². The third kappa shape index (κ3) is 3.74. The smallest absolute Gasteiger partial charge is 0.302 e. The van der Waals surface area contributed by atoms with Crippen LogP contribution in [0.3, 0.4) is 0 Å². The number of aliphatic hydroxyl groups is 1. The number of fused-ring (bicyclic) bond motifs is 2. The summed E-state index contributed by atoms with van der Waals surface area (Å²) in [5.41, 5.74) is 2.45. The predicted octanol–water partition coefficient (Wildman–Crippen LogP) is 2.09. The van der Waals surface area contributed by atoms with Crippen LogP contribution < -0.4 is 14.2 Å². The van der Waals surface area contributed by atoms with Crippen LogP contribution in [0.1, 0.15) is 30.1 Å². The van der Waals surface area contributed by atoms with Crippen molar-refractivity contribution in [3.63, 3.8) is 0 Å². The zero-order valence-corrected chi connectivity index (χ0v) is 17.3. The molecule has 0 spiro atoms. The van der Waals surface area contributed by atoms with Gasteiger partial charge in [0.2, 0.25) is 6.79 Å². The van der Waals surface area contributed by atoms with Crippen molar-refractivity contribution >= 4 is 15.9 Å². The number of para-hydroxylation sites is 1. The van der Waals surface area contributed by atoms with E-state index in [1.54, 1.807) is 10.4 Å². The first-order valence-corrected chi connectivity index (χ1v) is 11.6. The van der Waals surface area contributed by atoms with Crippen LogP contribution in [0, 0.1) is 0 Å². The minimum absolute atomic E-state index is 0.0465. The molecule has 30 heavy (non-hydrogen) atoms. The number of likely N-dealkylation sites (tertiary alicyclic amines) is 1. The molecule has 0 saturated carbocycles. The first-order chi connectivity index (χ1) is 14.5. The van der Waals surface area contributed by atoms with Crippen molar-refractivity contribution in [2.24, 2.45) is 0 Å². The molecule has 3 heterocycles. The molecule has 0 aliphatic carbocycles. The van der Waals surface area contributed by atoms with Crippen LogP contribution in [0.4, 0.5) is 5.69 Å². The molecule has 2 aromatic rings. The number of piperidine rings is 1. The average Bonchev–Trinajstić information content (AvgIpc) is 3.21. The Morgan fingerprint density at radius 3 is 2.70 bits per heavy atom. The Hall–Kier alpha value is -2.33. The maximum Gasteiger partial charge on any atom is 0.302 e. The molecular weight excluding hydrogens is 406 g/mol. The summed E-state index contributed by atoms with van der Waals surface area (Å²) in [6.07, 6.45) is 0.830. The fraction of sp³-hybridized carbons (Fsp3) is 0.429. The highest BCUT2D eigenvalue weighted by Crippen LogP contribution is 2.35. The van der Waals surface area contributed by atoms with E-state index in [1.165, 1.54) is 0 Å². The molecule has 0 radical (unpaired) electrons. The molecule has 0 bridgehead atoms. The Kier molecular flexibility index (Phi) is 5.06. The topological polar surface area (TPSA) is 91.3 Å². The molecule has 5 rings (SSSR count). The molecule has 0 aromatic heterocycles. The quantitative estimate of drug-likeness (QED) is 0.770. The number of anilines is 1. The van der Waals surface area contributed by atoms with Crippen LogP contribution in [0.5, 0.6) is 11.5 Å². The Morgan fingerprint density at radius 2 is 1.87 bits per heavy atom. The van der Waals surface area contributed by atoms with Gasteiger partial charge in [-0.2, -0.15) is 12.7 Å². The standard InChI is InChI=1S/C21H25N3O5S/c25-19(15-5-6-20-21(11-15)29-14-28-20)13-23-9-7-17(8-10-23)24-12-16-3-1-2-4-18(16)22-30(24,26)27/h1-6,11,17,19,22,25H,7-10,12-14H2. The molecule has 1 atom stereocenters. The van der Waals surface area contributed by atoms with Crippen molar-refractivity contribution in [1.82, 2.24) is 9.21 Å². The Bertz CT molecular complexity index is 1040. The lowest BCUT2D eigenvalue weighted by atomic mass is 10.0. The summed E-state index contributed by atoms with van der Waals surface area (Å²) in [7, 11) is -3.54. The van der Waals surface area contributed by atoms with Crippen molar-refractivity contribution in [2.75, 3.05) is 31.1 Å².